The van der Waals surface area contributed by atoms with E-state index in [9.17, 15) is 35.7 Å². The van der Waals surface area contributed by atoms with E-state index >= 15 is 0 Å². The van der Waals surface area contributed by atoms with Gasteiger partial charge in [0.1, 0.15) is 53.5 Å². The maximum absolute atomic E-state index is 10.5. The SMILES string of the molecule is OC[C@H]1O[C@@H](Oc2cc(O)c3c(c2)O[C@H](c2ccc(O)cc2)[C@H](O)C3)[C@H](O)[C@@H](O)[C@@H]1O. The highest BCUT2D eigenvalue weighted by molar-refractivity contribution is 5.52. The van der Waals surface area contributed by atoms with Crippen molar-refractivity contribution in [2.45, 2.75) is 49.3 Å². The van der Waals surface area contributed by atoms with Crippen LogP contribution in [0.2, 0.25) is 0 Å². The molecule has 2 aromatic rings. The van der Waals surface area contributed by atoms with Crippen molar-refractivity contribution in [3.63, 3.8) is 0 Å². The first-order chi connectivity index (χ1) is 14.8. The highest BCUT2D eigenvalue weighted by atomic mass is 16.7. The zero-order valence-corrected chi connectivity index (χ0v) is 16.3. The summed E-state index contributed by atoms with van der Waals surface area (Å²) in [6, 6.07) is 8.85. The molecule has 168 valence electrons. The maximum Gasteiger partial charge on any atom is 0.229 e. The number of hydrogen-bond donors (Lipinski definition) is 7. The third-order valence-electron chi connectivity index (χ3n) is 5.50. The van der Waals surface area contributed by atoms with E-state index < -0.39 is 49.5 Å². The summed E-state index contributed by atoms with van der Waals surface area (Å²) in [6.07, 6.45) is -8.89. The van der Waals surface area contributed by atoms with Crippen molar-refractivity contribution in [1.29, 1.82) is 0 Å². The molecule has 31 heavy (non-hydrogen) atoms. The lowest BCUT2D eigenvalue weighted by Gasteiger charge is -2.39. The van der Waals surface area contributed by atoms with Crippen molar-refractivity contribution >= 4 is 0 Å². The number of aliphatic hydroxyl groups excluding tert-OH is 5. The Kier molecular flexibility index (Phi) is 5.93. The van der Waals surface area contributed by atoms with Crippen molar-refractivity contribution in [1.82, 2.24) is 0 Å². The zero-order chi connectivity index (χ0) is 22.3. The Morgan fingerprint density at radius 3 is 2.32 bits per heavy atom. The first-order valence-electron chi connectivity index (χ1n) is 9.75. The van der Waals surface area contributed by atoms with Crippen molar-refractivity contribution in [2.24, 2.45) is 0 Å². The smallest absolute Gasteiger partial charge is 0.229 e. The molecule has 10 heteroatoms. The molecule has 0 amide bonds. The Bertz CT molecular complexity index is 915. The summed E-state index contributed by atoms with van der Waals surface area (Å²) in [4.78, 5) is 0. The number of phenols is 2. The Labute approximate surface area is 177 Å². The lowest BCUT2D eigenvalue weighted by Crippen LogP contribution is -2.60. The molecule has 10 nitrogen and oxygen atoms in total. The van der Waals surface area contributed by atoms with Gasteiger partial charge in [0.05, 0.1) is 12.7 Å². The molecule has 1 saturated heterocycles. The summed E-state index contributed by atoms with van der Waals surface area (Å²) in [5.74, 6) is 0.145. The number of phenolic OH excluding ortho intramolecular Hbond substituents is 2. The quantitative estimate of drug-likeness (QED) is 0.326. The Balaban J connectivity index is 1.58. The second-order valence-corrected chi connectivity index (χ2v) is 7.64. The maximum atomic E-state index is 10.5. The molecular formula is C21H24O10. The average molecular weight is 436 g/mol. The van der Waals surface area contributed by atoms with Crippen molar-refractivity contribution < 1.29 is 50.0 Å². The number of aromatic hydroxyl groups is 2. The number of fused-ring (bicyclic) bond motifs is 1. The highest BCUT2D eigenvalue weighted by Gasteiger charge is 2.45. The van der Waals surface area contributed by atoms with Crippen LogP contribution < -0.4 is 9.47 Å². The fraction of sp³-hybridized carbons (Fsp3) is 0.429. The summed E-state index contributed by atoms with van der Waals surface area (Å²) in [7, 11) is 0. The molecule has 0 unspecified atom stereocenters. The summed E-state index contributed by atoms with van der Waals surface area (Å²) in [6.45, 7) is -0.602. The van der Waals surface area contributed by atoms with Gasteiger partial charge in [-0.05, 0) is 17.7 Å². The molecule has 7 atom stereocenters. The summed E-state index contributed by atoms with van der Waals surface area (Å²) in [5, 5.41) is 69.6. The van der Waals surface area contributed by atoms with E-state index in [-0.39, 0.29) is 29.4 Å². The van der Waals surface area contributed by atoms with Gasteiger partial charge in [0.25, 0.3) is 0 Å². The lowest BCUT2D eigenvalue weighted by molar-refractivity contribution is -0.277. The fourth-order valence-electron chi connectivity index (χ4n) is 3.77. The van der Waals surface area contributed by atoms with Gasteiger partial charge in [-0.1, -0.05) is 12.1 Å². The molecule has 2 aliphatic heterocycles. The fourth-order valence-corrected chi connectivity index (χ4v) is 3.77. The Hall–Kier alpha value is -2.60. The number of benzene rings is 2. The number of hydrogen-bond acceptors (Lipinski definition) is 10. The molecule has 0 saturated carbocycles. The number of aliphatic hydroxyl groups is 5. The van der Waals surface area contributed by atoms with Gasteiger partial charge in [-0.2, -0.15) is 0 Å². The van der Waals surface area contributed by atoms with Crippen LogP contribution in [-0.4, -0.2) is 79.2 Å². The van der Waals surface area contributed by atoms with Crippen LogP contribution in [0.3, 0.4) is 0 Å². The van der Waals surface area contributed by atoms with Gasteiger partial charge in [-0.15, -0.1) is 0 Å². The third-order valence-corrected chi connectivity index (χ3v) is 5.50. The Morgan fingerprint density at radius 2 is 1.65 bits per heavy atom. The molecule has 0 bridgehead atoms. The van der Waals surface area contributed by atoms with E-state index in [1.807, 2.05) is 0 Å². The molecule has 2 heterocycles. The van der Waals surface area contributed by atoms with Crippen LogP contribution in [0.15, 0.2) is 36.4 Å². The standard InChI is InChI=1S/C21H24O10/c22-8-16-17(26)18(27)19(28)21(31-16)29-11-5-13(24)12-7-14(25)20(30-15(12)6-11)9-1-3-10(23)4-2-9/h1-6,14,16-28H,7-8H2/t14-,16-,17-,18+,19-,20-,21-/m1/s1. The molecule has 0 radical (unpaired) electrons. The Morgan fingerprint density at radius 1 is 0.935 bits per heavy atom. The van der Waals surface area contributed by atoms with E-state index in [2.05, 4.69) is 0 Å². The van der Waals surface area contributed by atoms with Crippen molar-refractivity contribution in [3.8, 4) is 23.0 Å². The zero-order valence-electron chi connectivity index (χ0n) is 16.3. The second-order valence-electron chi connectivity index (χ2n) is 7.64. The van der Waals surface area contributed by atoms with E-state index in [0.29, 0.717) is 11.1 Å². The molecular weight excluding hydrogens is 412 g/mol. The summed E-state index contributed by atoms with van der Waals surface area (Å²) < 4.78 is 16.8. The minimum Gasteiger partial charge on any atom is -0.508 e. The topological polar surface area (TPSA) is 169 Å². The van der Waals surface area contributed by atoms with Gasteiger partial charge in [0.15, 0.2) is 0 Å². The van der Waals surface area contributed by atoms with Crippen LogP contribution >= 0.6 is 0 Å². The lowest BCUT2D eigenvalue weighted by atomic mass is 9.94. The van der Waals surface area contributed by atoms with E-state index in [1.165, 1.54) is 24.3 Å². The van der Waals surface area contributed by atoms with Crippen LogP contribution in [0.4, 0.5) is 0 Å². The minimum absolute atomic E-state index is 0.0430. The molecule has 0 aliphatic carbocycles. The molecule has 4 rings (SSSR count). The summed E-state index contributed by atoms with van der Waals surface area (Å²) >= 11 is 0. The molecule has 7 N–H and O–H groups in total. The van der Waals surface area contributed by atoms with Crippen LogP contribution in [0.25, 0.3) is 0 Å². The van der Waals surface area contributed by atoms with E-state index in [1.54, 1.807) is 12.1 Å². The van der Waals surface area contributed by atoms with Crippen LogP contribution in [0.5, 0.6) is 23.0 Å². The third kappa shape index (κ3) is 4.13. The van der Waals surface area contributed by atoms with Crippen LogP contribution in [-0.2, 0) is 11.2 Å². The van der Waals surface area contributed by atoms with Crippen LogP contribution in [0.1, 0.15) is 17.2 Å². The predicted molar refractivity (Wildman–Crippen MR) is 104 cm³/mol. The predicted octanol–water partition coefficient (Wildman–Crippen LogP) is -0.686. The minimum atomic E-state index is -1.61. The van der Waals surface area contributed by atoms with Gasteiger partial charge in [0, 0.05) is 24.1 Å². The molecule has 2 aromatic carbocycles. The number of ether oxygens (including phenoxy) is 3. The largest absolute Gasteiger partial charge is 0.508 e. The van der Waals surface area contributed by atoms with Gasteiger partial charge < -0.3 is 50.0 Å². The molecule has 2 aliphatic rings. The van der Waals surface area contributed by atoms with Crippen molar-refractivity contribution in [2.75, 3.05) is 6.61 Å². The van der Waals surface area contributed by atoms with Gasteiger partial charge in [-0.25, -0.2) is 0 Å². The monoisotopic (exact) mass is 436 g/mol. The van der Waals surface area contributed by atoms with E-state index in [4.69, 9.17) is 14.2 Å². The molecule has 0 aromatic heterocycles. The first-order valence-corrected chi connectivity index (χ1v) is 9.75. The average Bonchev–Trinajstić information content (AvgIpc) is 2.75. The van der Waals surface area contributed by atoms with Crippen molar-refractivity contribution in [3.05, 3.63) is 47.5 Å². The highest BCUT2D eigenvalue weighted by Crippen LogP contribution is 2.42. The molecule has 1 fully saturated rings. The molecule has 0 spiro atoms. The number of rotatable bonds is 4. The first kappa shape index (κ1) is 21.6. The van der Waals surface area contributed by atoms with Gasteiger partial charge >= 0.3 is 0 Å². The van der Waals surface area contributed by atoms with Gasteiger partial charge in [-0.3, -0.25) is 0 Å². The normalized spacial score (nSPS) is 32.7. The van der Waals surface area contributed by atoms with Crippen LogP contribution in [0, 0.1) is 0 Å². The second kappa shape index (κ2) is 8.50. The van der Waals surface area contributed by atoms with E-state index in [0.717, 1.165) is 0 Å². The summed E-state index contributed by atoms with van der Waals surface area (Å²) in [5.41, 5.74) is 0.986. The van der Waals surface area contributed by atoms with Gasteiger partial charge in [0.2, 0.25) is 6.29 Å².